The molecule has 0 bridgehead atoms. The number of hydrogen-bond acceptors (Lipinski definition) is 5. The van der Waals surface area contributed by atoms with Crippen LogP contribution in [0.3, 0.4) is 0 Å². The SMILES string of the molecule is COC(=O)C1CC(O)CN1C(=O)c1cc2c(s1)CCC2. The number of methoxy groups -OCH3 is 1. The van der Waals surface area contributed by atoms with Gasteiger partial charge in [-0.05, 0) is 30.9 Å². The highest BCUT2D eigenvalue weighted by Gasteiger charge is 2.40. The average Bonchev–Trinajstić information content (AvgIpc) is 3.09. The number of carbonyl (C=O) groups is 2. The van der Waals surface area contributed by atoms with E-state index in [-0.39, 0.29) is 18.9 Å². The number of rotatable bonds is 2. The van der Waals surface area contributed by atoms with Gasteiger partial charge in [-0.25, -0.2) is 4.79 Å². The number of esters is 1. The molecule has 6 heteroatoms. The van der Waals surface area contributed by atoms with Gasteiger partial charge in [-0.2, -0.15) is 0 Å². The molecule has 1 saturated heterocycles. The highest BCUT2D eigenvalue weighted by atomic mass is 32.1. The van der Waals surface area contributed by atoms with Crippen molar-refractivity contribution in [1.29, 1.82) is 0 Å². The lowest BCUT2D eigenvalue weighted by atomic mass is 10.2. The van der Waals surface area contributed by atoms with Crippen molar-refractivity contribution in [3.8, 4) is 0 Å². The standard InChI is InChI=1S/C14H17NO4S/c1-19-14(18)10-6-9(16)7-15(10)13(17)12-5-8-3-2-4-11(8)20-12/h5,9-10,16H,2-4,6-7H2,1H3. The summed E-state index contributed by atoms with van der Waals surface area (Å²) >= 11 is 1.51. The molecule has 108 valence electrons. The number of β-amino-alcohol motifs (C(OH)–C–C–N with tert-alkyl or cyclic N) is 1. The number of thiophene rings is 1. The molecule has 1 fully saturated rings. The van der Waals surface area contributed by atoms with Gasteiger partial charge >= 0.3 is 5.97 Å². The Kier molecular flexibility index (Phi) is 3.52. The Balaban J connectivity index is 1.82. The van der Waals surface area contributed by atoms with Crippen molar-refractivity contribution in [3.63, 3.8) is 0 Å². The lowest BCUT2D eigenvalue weighted by Crippen LogP contribution is -2.40. The largest absolute Gasteiger partial charge is 0.467 e. The van der Waals surface area contributed by atoms with Crippen LogP contribution in [0.25, 0.3) is 0 Å². The number of nitrogens with zero attached hydrogens (tertiary/aromatic N) is 1. The second-order valence-corrected chi connectivity index (χ2v) is 6.44. The fraction of sp³-hybridized carbons (Fsp3) is 0.571. The molecule has 1 amide bonds. The highest BCUT2D eigenvalue weighted by molar-refractivity contribution is 7.14. The molecule has 1 N–H and O–H groups in total. The van der Waals surface area contributed by atoms with Crippen LogP contribution in [0, 0.1) is 0 Å². The van der Waals surface area contributed by atoms with E-state index in [1.165, 1.54) is 33.8 Å². The van der Waals surface area contributed by atoms with E-state index in [0.29, 0.717) is 4.88 Å². The summed E-state index contributed by atoms with van der Waals surface area (Å²) in [6.45, 7) is 0.196. The van der Waals surface area contributed by atoms with Crippen molar-refractivity contribution in [2.75, 3.05) is 13.7 Å². The van der Waals surface area contributed by atoms with Crippen LogP contribution in [-0.4, -0.2) is 47.7 Å². The van der Waals surface area contributed by atoms with Crippen LogP contribution in [0.2, 0.25) is 0 Å². The van der Waals surface area contributed by atoms with Gasteiger partial charge in [0, 0.05) is 17.8 Å². The number of hydrogen-bond donors (Lipinski definition) is 1. The van der Waals surface area contributed by atoms with Crippen LogP contribution in [0.5, 0.6) is 0 Å². The topological polar surface area (TPSA) is 66.8 Å². The molecule has 0 spiro atoms. The lowest BCUT2D eigenvalue weighted by molar-refractivity contribution is -0.145. The summed E-state index contributed by atoms with van der Waals surface area (Å²) in [5.74, 6) is -0.629. The maximum Gasteiger partial charge on any atom is 0.328 e. The third-order valence-corrected chi connectivity index (χ3v) is 5.20. The van der Waals surface area contributed by atoms with Crippen LogP contribution >= 0.6 is 11.3 Å². The highest BCUT2D eigenvalue weighted by Crippen LogP contribution is 2.32. The zero-order valence-electron chi connectivity index (χ0n) is 11.3. The quantitative estimate of drug-likeness (QED) is 0.826. The van der Waals surface area contributed by atoms with Crippen LogP contribution < -0.4 is 0 Å². The molecule has 1 aliphatic carbocycles. The van der Waals surface area contributed by atoms with E-state index in [9.17, 15) is 14.7 Å². The van der Waals surface area contributed by atoms with Crippen LogP contribution in [-0.2, 0) is 22.4 Å². The summed E-state index contributed by atoms with van der Waals surface area (Å²) in [6.07, 6.45) is 2.82. The minimum absolute atomic E-state index is 0.170. The zero-order valence-corrected chi connectivity index (χ0v) is 12.1. The molecular weight excluding hydrogens is 278 g/mol. The monoisotopic (exact) mass is 295 g/mol. The Morgan fingerprint density at radius 1 is 1.45 bits per heavy atom. The van der Waals surface area contributed by atoms with Crippen molar-refractivity contribution in [1.82, 2.24) is 4.90 Å². The van der Waals surface area contributed by atoms with Gasteiger partial charge < -0.3 is 14.7 Å². The molecule has 1 aromatic rings. The van der Waals surface area contributed by atoms with E-state index in [0.717, 1.165) is 19.3 Å². The number of aryl methyl sites for hydroxylation is 2. The molecule has 0 aromatic carbocycles. The fourth-order valence-electron chi connectivity index (χ4n) is 2.97. The molecule has 1 aliphatic heterocycles. The number of ether oxygens (including phenoxy) is 1. The zero-order chi connectivity index (χ0) is 14.3. The predicted octanol–water partition coefficient (Wildman–Crippen LogP) is 0.985. The van der Waals surface area contributed by atoms with Gasteiger partial charge in [0.2, 0.25) is 0 Å². The minimum Gasteiger partial charge on any atom is -0.467 e. The van der Waals surface area contributed by atoms with Crippen molar-refractivity contribution >= 4 is 23.2 Å². The maximum absolute atomic E-state index is 12.5. The minimum atomic E-state index is -0.667. The number of aliphatic hydroxyl groups excluding tert-OH is 1. The molecule has 2 heterocycles. The van der Waals surface area contributed by atoms with Gasteiger partial charge in [0.1, 0.15) is 6.04 Å². The van der Waals surface area contributed by atoms with E-state index < -0.39 is 18.1 Å². The van der Waals surface area contributed by atoms with Gasteiger partial charge in [-0.15, -0.1) is 11.3 Å². The van der Waals surface area contributed by atoms with Gasteiger partial charge in [-0.1, -0.05) is 0 Å². The predicted molar refractivity (Wildman–Crippen MR) is 73.8 cm³/mol. The van der Waals surface area contributed by atoms with Crippen molar-refractivity contribution < 1.29 is 19.4 Å². The van der Waals surface area contributed by atoms with Gasteiger partial charge in [0.15, 0.2) is 0 Å². The molecular formula is C14H17NO4S. The summed E-state index contributed by atoms with van der Waals surface area (Å²) in [5.41, 5.74) is 1.26. The first kappa shape index (κ1) is 13.6. The second kappa shape index (κ2) is 5.18. The Morgan fingerprint density at radius 3 is 2.95 bits per heavy atom. The van der Waals surface area contributed by atoms with Crippen molar-refractivity contribution in [2.45, 2.75) is 37.8 Å². The number of aliphatic hydroxyl groups is 1. The summed E-state index contributed by atoms with van der Waals surface area (Å²) in [5, 5.41) is 9.73. The Bertz CT molecular complexity index is 532. The van der Waals surface area contributed by atoms with E-state index in [1.54, 1.807) is 0 Å². The van der Waals surface area contributed by atoms with E-state index in [1.807, 2.05) is 6.07 Å². The third kappa shape index (κ3) is 2.23. The second-order valence-electron chi connectivity index (χ2n) is 5.30. The molecule has 2 unspecified atom stereocenters. The normalized spacial score (nSPS) is 24.8. The molecule has 3 rings (SSSR count). The molecule has 0 saturated carbocycles. The first-order chi connectivity index (χ1) is 9.60. The average molecular weight is 295 g/mol. The molecule has 0 radical (unpaired) electrons. The molecule has 2 atom stereocenters. The van der Waals surface area contributed by atoms with Crippen LogP contribution in [0.4, 0.5) is 0 Å². The Morgan fingerprint density at radius 2 is 2.25 bits per heavy atom. The van der Waals surface area contributed by atoms with E-state index in [4.69, 9.17) is 4.74 Å². The Hall–Kier alpha value is -1.40. The fourth-order valence-corrected chi connectivity index (χ4v) is 4.18. The first-order valence-corrected chi connectivity index (χ1v) is 7.60. The first-order valence-electron chi connectivity index (χ1n) is 6.78. The van der Waals surface area contributed by atoms with Gasteiger partial charge in [-0.3, -0.25) is 4.79 Å². The maximum atomic E-state index is 12.5. The molecule has 20 heavy (non-hydrogen) atoms. The third-order valence-electron chi connectivity index (χ3n) is 3.97. The molecule has 2 aliphatic rings. The number of amides is 1. The van der Waals surface area contributed by atoms with Crippen molar-refractivity contribution in [3.05, 3.63) is 21.4 Å². The molecule has 5 nitrogen and oxygen atoms in total. The van der Waals surface area contributed by atoms with Crippen molar-refractivity contribution in [2.24, 2.45) is 0 Å². The number of carbonyl (C=O) groups excluding carboxylic acids is 2. The number of likely N-dealkylation sites (tertiary alicyclic amines) is 1. The summed E-state index contributed by atoms with van der Waals surface area (Å²) in [6, 6.07) is 1.27. The summed E-state index contributed by atoms with van der Waals surface area (Å²) in [7, 11) is 1.30. The van der Waals surface area contributed by atoms with Crippen LogP contribution in [0.15, 0.2) is 6.07 Å². The van der Waals surface area contributed by atoms with Gasteiger partial charge in [0.05, 0.1) is 18.1 Å². The van der Waals surface area contributed by atoms with Gasteiger partial charge in [0.25, 0.3) is 5.91 Å². The summed E-state index contributed by atoms with van der Waals surface area (Å²) < 4.78 is 4.72. The molecule has 1 aromatic heterocycles. The smallest absolute Gasteiger partial charge is 0.328 e. The van der Waals surface area contributed by atoms with Crippen LogP contribution in [0.1, 0.15) is 33.0 Å². The van der Waals surface area contributed by atoms with E-state index in [2.05, 4.69) is 0 Å². The Labute approximate surface area is 121 Å². The lowest BCUT2D eigenvalue weighted by Gasteiger charge is -2.21. The summed E-state index contributed by atoms with van der Waals surface area (Å²) in [4.78, 5) is 27.7. The number of fused-ring (bicyclic) bond motifs is 1. The van der Waals surface area contributed by atoms with E-state index >= 15 is 0 Å².